The van der Waals surface area contributed by atoms with Crippen molar-refractivity contribution < 1.29 is 9.53 Å². The van der Waals surface area contributed by atoms with Crippen LogP contribution in [0.3, 0.4) is 0 Å². The first-order chi connectivity index (χ1) is 11.1. The highest BCUT2D eigenvalue weighted by molar-refractivity contribution is 9.10. The van der Waals surface area contributed by atoms with Crippen LogP contribution in [-0.4, -0.2) is 18.6 Å². The summed E-state index contributed by atoms with van der Waals surface area (Å²) < 4.78 is 6.72. The van der Waals surface area contributed by atoms with Crippen LogP contribution in [-0.2, 0) is 4.79 Å². The number of amides is 1. The molecule has 0 aliphatic carbocycles. The van der Waals surface area contributed by atoms with Gasteiger partial charge < -0.3 is 15.4 Å². The summed E-state index contributed by atoms with van der Waals surface area (Å²) in [5.41, 5.74) is 1.66. The first kappa shape index (κ1) is 17.3. The van der Waals surface area contributed by atoms with E-state index in [0.29, 0.717) is 0 Å². The number of nitrogens with one attached hydrogen (secondary N) is 2. The minimum atomic E-state index is -0.0940. The molecule has 4 nitrogen and oxygen atoms in total. The van der Waals surface area contributed by atoms with Crippen LogP contribution in [0.2, 0.25) is 0 Å². The summed E-state index contributed by atoms with van der Waals surface area (Å²) in [5.74, 6) is 0.717. The molecule has 0 heterocycles. The van der Waals surface area contributed by atoms with Gasteiger partial charge in [0.2, 0.25) is 5.91 Å². The number of hydrogen-bond acceptors (Lipinski definition) is 3. The van der Waals surface area contributed by atoms with Crippen molar-refractivity contribution in [1.29, 1.82) is 0 Å². The van der Waals surface area contributed by atoms with Crippen LogP contribution >= 0.6 is 15.9 Å². The highest BCUT2D eigenvalue weighted by atomic mass is 79.9. The Kier molecular flexibility index (Phi) is 6.47. The van der Waals surface area contributed by atoms with E-state index in [1.54, 1.807) is 0 Å². The van der Waals surface area contributed by atoms with Gasteiger partial charge in [0, 0.05) is 15.8 Å². The van der Waals surface area contributed by atoms with E-state index in [-0.39, 0.29) is 18.6 Å². The number of halogens is 1. The number of carbonyl (C=O) groups excluding carboxylic acids is 1. The molecule has 5 heteroatoms. The Morgan fingerprint density at radius 2 is 1.70 bits per heavy atom. The summed E-state index contributed by atoms with van der Waals surface area (Å²) >= 11 is 3.38. The first-order valence-corrected chi connectivity index (χ1v) is 8.42. The molecule has 23 heavy (non-hydrogen) atoms. The van der Waals surface area contributed by atoms with Crippen LogP contribution in [0, 0.1) is 0 Å². The van der Waals surface area contributed by atoms with E-state index in [9.17, 15) is 4.79 Å². The molecule has 0 bridgehead atoms. The second kappa shape index (κ2) is 8.58. The minimum absolute atomic E-state index is 0.0940. The predicted octanol–water partition coefficient (Wildman–Crippen LogP) is 4.68. The molecule has 0 radical (unpaired) electrons. The molecule has 1 atom stereocenters. The number of carbonyl (C=O) groups is 1. The number of rotatable bonds is 7. The summed E-state index contributed by atoms with van der Waals surface area (Å²) in [6, 6.07) is 15.1. The zero-order valence-electron chi connectivity index (χ0n) is 13.3. The SMILES string of the molecule is CCC(C)Oc1ccc(NC(=O)CNc2ccc(Br)cc2)cc1. The summed E-state index contributed by atoms with van der Waals surface area (Å²) in [5, 5.41) is 5.93. The minimum Gasteiger partial charge on any atom is -0.491 e. The number of benzene rings is 2. The fourth-order valence-electron chi connectivity index (χ4n) is 1.89. The fourth-order valence-corrected chi connectivity index (χ4v) is 2.15. The zero-order valence-corrected chi connectivity index (χ0v) is 14.9. The van der Waals surface area contributed by atoms with Crippen LogP contribution in [0.15, 0.2) is 53.0 Å². The van der Waals surface area contributed by atoms with Gasteiger partial charge in [-0.2, -0.15) is 0 Å². The Bertz CT molecular complexity index is 626. The fraction of sp³-hybridized carbons (Fsp3) is 0.278. The lowest BCUT2D eigenvalue weighted by Crippen LogP contribution is -2.21. The van der Waals surface area contributed by atoms with E-state index in [4.69, 9.17) is 4.74 Å². The molecule has 122 valence electrons. The second-order valence-electron chi connectivity index (χ2n) is 5.27. The van der Waals surface area contributed by atoms with Gasteiger partial charge in [-0.3, -0.25) is 4.79 Å². The molecule has 1 amide bonds. The van der Waals surface area contributed by atoms with Crippen LogP contribution < -0.4 is 15.4 Å². The van der Waals surface area contributed by atoms with Crippen LogP contribution in [0.25, 0.3) is 0 Å². The molecule has 2 rings (SSSR count). The average Bonchev–Trinajstić information content (AvgIpc) is 2.56. The maximum atomic E-state index is 11.9. The molecule has 1 unspecified atom stereocenters. The van der Waals surface area contributed by atoms with Crippen molar-refractivity contribution in [3.05, 3.63) is 53.0 Å². The van der Waals surface area contributed by atoms with Crippen LogP contribution in [0.1, 0.15) is 20.3 Å². The van der Waals surface area contributed by atoms with Gasteiger partial charge >= 0.3 is 0 Å². The third-order valence-electron chi connectivity index (χ3n) is 3.35. The van der Waals surface area contributed by atoms with E-state index >= 15 is 0 Å². The molecule has 0 spiro atoms. The first-order valence-electron chi connectivity index (χ1n) is 7.63. The molecule has 0 saturated heterocycles. The van der Waals surface area contributed by atoms with Crippen molar-refractivity contribution in [3.63, 3.8) is 0 Å². The smallest absolute Gasteiger partial charge is 0.243 e. The summed E-state index contributed by atoms with van der Waals surface area (Å²) in [6.45, 7) is 4.33. The van der Waals surface area contributed by atoms with Crippen molar-refractivity contribution in [3.8, 4) is 5.75 Å². The highest BCUT2D eigenvalue weighted by Gasteiger charge is 2.04. The number of ether oxygens (including phenoxy) is 1. The lowest BCUT2D eigenvalue weighted by atomic mass is 10.2. The van der Waals surface area contributed by atoms with Gasteiger partial charge in [0.25, 0.3) is 0 Å². The lowest BCUT2D eigenvalue weighted by Gasteiger charge is -2.13. The molecular weight excluding hydrogens is 356 g/mol. The van der Waals surface area contributed by atoms with Gasteiger partial charge in [-0.15, -0.1) is 0 Å². The number of hydrogen-bond donors (Lipinski definition) is 2. The van der Waals surface area contributed by atoms with E-state index in [1.807, 2.05) is 55.5 Å². The number of anilines is 2. The molecule has 2 aromatic rings. The monoisotopic (exact) mass is 376 g/mol. The largest absolute Gasteiger partial charge is 0.491 e. The van der Waals surface area contributed by atoms with Gasteiger partial charge in [0.15, 0.2) is 0 Å². The molecule has 2 N–H and O–H groups in total. The van der Waals surface area contributed by atoms with Gasteiger partial charge in [0.05, 0.1) is 12.6 Å². The Labute approximate surface area is 145 Å². The summed E-state index contributed by atoms with van der Waals surface area (Å²) in [6.07, 6.45) is 1.14. The molecule has 0 fully saturated rings. The summed E-state index contributed by atoms with van der Waals surface area (Å²) in [4.78, 5) is 11.9. The third-order valence-corrected chi connectivity index (χ3v) is 3.88. The topological polar surface area (TPSA) is 50.4 Å². The van der Waals surface area contributed by atoms with Gasteiger partial charge in [-0.25, -0.2) is 0 Å². The van der Waals surface area contributed by atoms with Crippen LogP contribution in [0.5, 0.6) is 5.75 Å². The third kappa shape index (κ3) is 5.94. The van der Waals surface area contributed by atoms with E-state index in [0.717, 1.165) is 28.0 Å². The summed E-state index contributed by atoms with van der Waals surface area (Å²) in [7, 11) is 0. The van der Waals surface area contributed by atoms with E-state index < -0.39 is 0 Å². The Morgan fingerprint density at radius 3 is 2.30 bits per heavy atom. The van der Waals surface area contributed by atoms with Gasteiger partial charge in [-0.05, 0) is 61.9 Å². The predicted molar refractivity (Wildman–Crippen MR) is 98.1 cm³/mol. The Balaban J connectivity index is 1.81. The maximum Gasteiger partial charge on any atom is 0.243 e. The van der Waals surface area contributed by atoms with Crippen molar-refractivity contribution in [2.24, 2.45) is 0 Å². The molecular formula is C18H21BrN2O2. The van der Waals surface area contributed by atoms with Crippen molar-refractivity contribution in [2.45, 2.75) is 26.4 Å². The molecule has 0 aromatic heterocycles. The lowest BCUT2D eigenvalue weighted by molar-refractivity contribution is -0.114. The van der Waals surface area contributed by atoms with E-state index in [1.165, 1.54) is 0 Å². The molecule has 0 aliphatic rings. The normalized spacial score (nSPS) is 11.6. The van der Waals surface area contributed by atoms with Crippen LogP contribution in [0.4, 0.5) is 11.4 Å². The highest BCUT2D eigenvalue weighted by Crippen LogP contribution is 2.18. The molecule has 2 aromatic carbocycles. The second-order valence-corrected chi connectivity index (χ2v) is 6.19. The van der Waals surface area contributed by atoms with Crippen molar-refractivity contribution in [1.82, 2.24) is 0 Å². The van der Waals surface area contributed by atoms with Gasteiger partial charge in [0.1, 0.15) is 5.75 Å². The average molecular weight is 377 g/mol. The Morgan fingerprint density at radius 1 is 1.09 bits per heavy atom. The van der Waals surface area contributed by atoms with Crippen molar-refractivity contribution in [2.75, 3.05) is 17.2 Å². The molecule has 0 aliphatic heterocycles. The van der Waals surface area contributed by atoms with Crippen molar-refractivity contribution >= 4 is 33.2 Å². The van der Waals surface area contributed by atoms with E-state index in [2.05, 4.69) is 33.5 Å². The zero-order chi connectivity index (χ0) is 16.7. The van der Waals surface area contributed by atoms with Gasteiger partial charge in [-0.1, -0.05) is 22.9 Å². The molecule has 0 saturated carbocycles. The standard InChI is InChI=1S/C18H21BrN2O2/c1-3-13(2)23-17-10-8-16(9-11-17)21-18(22)12-20-15-6-4-14(19)5-7-15/h4-11,13,20H,3,12H2,1-2H3,(H,21,22). The quantitative estimate of drug-likeness (QED) is 0.737. The Hall–Kier alpha value is -2.01. The maximum absolute atomic E-state index is 11.9.